The lowest BCUT2D eigenvalue weighted by Gasteiger charge is -2.28. The molecule has 0 rings (SSSR count). The number of carbonyl (C=O) groups is 2. The number of aliphatic carboxylic acids is 1. The number of amides is 2. The topological polar surface area (TPSA) is 78.4 Å². The summed E-state index contributed by atoms with van der Waals surface area (Å²) in [6.45, 7) is 11.2. The lowest BCUT2D eigenvalue weighted by Crippen LogP contribution is -2.54. The van der Waals surface area contributed by atoms with Gasteiger partial charge in [-0.3, -0.25) is 0 Å². The summed E-state index contributed by atoms with van der Waals surface area (Å²) in [5.41, 5.74) is -0.524. The molecule has 0 saturated carbocycles. The van der Waals surface area contributed by atoms with Crippen LogP contribution in [0.2, 0.25) is 0 Å². The first-order valence-corrected chi connectivity index (χ1v) is 5.85. The molecule has 17 heavy (non-hydrogen) atoms. The first kappa shape index (κ1) is 15.7. The quantitative estimate of drug-likeness (QED) is 0.706. The van der Waals surface area contributed by atoms with Gasteiger partial charge in [0.05, 0.1) is 0 Å². The van der Waals surface area contributed by atoms with Gasteiger partial charge in [-0.15, -0.1) is 0 Å². The molecule has 0 saturated heterocycles. The minimum atomic E-state index is -1.02. The summed E-state index contributed by atoms with van der Waals surface area (Å²) >= 11 is 0. The Bertz CT molecular complexity index is 282. The molecule has 0 heterocycles. The summed E-state index contributed by atoms with van der Waals surface area (Å²) < 4.78 is 0. The van der Waals surface area contributed by atoms with Crippen molar-refractivity contribution in [2.24, 2.45) is 11.3 Å². The molecule has 0 aromatic heterocycles. The molecule has 0 aromatic carbocycles. The molecule has 0 fully saturated rings. The molecule has 0 aliphatic carbocycles. The molecule has 2 amide bonds. The maximum absolute atomic E-state index is 11.6. The fraction of sp³-hybridized carbons (Fsp3) is 0.833. The van der Waals surface area contributed by atoms with Crippen LogP contribution < -0.4 is 10.6 Å². The smallest absolute Gasteiger partial charge is 0.326 e. The van der Waals surface area contributed by atoms with E-state index in [1.165, 1.54) is 0 Å². The van der Waals surface area contributed by atoms with Gasteiger partial charge in [0.1, 0.15) is 6.04 Å². The highest BCUT2D eigenvalue weighted by Crippen LogP contribution is 2.19. The second kappa shape index (κ2) is 5.89. The first-order chi connectivity index (χ1) is 7.55. The van der Waals surface area contributed by atoms with Crippen LogP contribution in [0.5, 0.6) is 0 Å². The van der Waals surface area contributed by atoms with Crippen LogP contribution in [0.15, 0.2) is 0 Å². The van der Waals surface area contributed by atoms with E-state index < -0.39 is 23.5 Å². The van der Waals surface area contributed by atoms with Crippen molar-refractivity contribution in [2.45, 2.75) is 53.6 Å². The van der Waals surface area contributed by atoms with E-state index in [0.717, 1.165) is 0 Å². The zero-order chi connectivity index (χ0) is 13.8. The third-order valence-corrected chi connectivity index (χ3v) is 2.75. The van der Waals surface area contributed by atoms with Gasteiger partial charge in [0, 0.05) is 6.04 Å². The van der Waals surface area contributed by atoms with Crippen molar-refractivity contribution < 1.29 is 14.7 Å². The van der Waals surface area contributed by atoms with Crippen molar-refractivity contribution in [3.8, 4) is 0 Å². The van der Waals surface area contributed by atoms with E-state index in [9.17, 15) is 9.59 Å². The van der Waals surface area contributed by atoms with Gasteiger partial charge in [-0.25, -0.2) is 9.59 Å². The molecule has 3 N–H and O–H groups in total. The number of urea groups is 1. The Labute approximate surface area is 103 Å². The van der Waals surface area contributed by atoms with Crippen LogP contribution in [0.25, 0.3) is 0 Å². The van der Waals surface area contributed by atoms with Crippen LogP contribution in [-0.2, 0) is 4.79 Å². The summed E-state index contributed by atoms with van der Waals surface area (Å²) in [7, 11) is 0. The number of carboxylic acid groups (broad SMARTS) is 1. The van der Waals surface area contributed by atoms with Crippen molar-refractivity contribution in [1.82, 2.24) is 10.6 Å². The molecular formula is C12H24N2O3. The molecule has 1 unspecified atom stereocenters. The standard InChI is InChI=1S/C12H24N2O3/c1-7(2)8(3)13-11(17)14-9(10(15)16)12(4,5)6/h7-9H,1-6H3,(H,15,16)(H2,13,14,17)/t8?,9-/m1/s1. The zero-order valence-corrected chi connectivity index (χ0v) is 11.5. The minimum absolute atomic E-state index is 0.00409. The van der Waals surface area contributed by atoms with Crippen molar-refractivity contribution in [3.63, 3.8) is 0 Å². The molecule has 2 atom stereocenters. The fourth-order valence-corrected chi connectivity index (χ4v) is 1.19. The summed E-state index contributed by atoms with van der Waals surface area (Å²) in [6, 6.07) is -1.33. The van der Waals surface area contributed by atoms with Gasteiger partial charge in [0.2, 0.25) is 0 Å². The Balaban J connectivity index is 4.49. The predicted octanol–water partition coefficient (Wildman–Crippen LogP) is 1.83. The lowest BCUT2D eigenvalue weighted by atomic mass is 9.87. The molecular weight excluding hydrogens is 220 g/mol. The number of rotatable bonds is 4. The van der Waals surface area contributed by atoms with Crippen LogP contribution in [-0.4, -0.2) is 29.2 Å². The predicted molar refractivity (Wildman–Crippen MR) is 66.8 cm³/mol. The van der Waals surface area contributed by atoms with Gasteiger partial charge in [-0.2, -0.15) is 0 Å². The SMILES string of the molecule is CC(C)C(C)NC(=O)N[C@H](C(=O)O)C(C)(C)C. The average molecular weight is 244 g/mol. The average Bonchev–Trinajstić information content (AvgIpc) is 2.11. The van der Waals surface area contributed by atoms with E-state index in [1.54, 1.807) is 20.8 Å². The molecule has 0 aromatic rings. The Morgan fingerprint density at radius 3 is 1.82 bits per heavy atom. The van der Waals surface area contributed by atoms with Crippen molar-refractivity contribution in [3.05, 3.63) is 0 Å². The van der Waals surface area contributed by atoms with Gasteiger partial charge in [-0.05, 0) is 18.3 Å². The largest absolute Gasteiger partial charge is 0.480 e. The Kier molecular flexibility index (Phi) is 5.45. The molecule has 5 nitrogen and oxygen atoms in total. The number of carboxylic acids is 1. The Morgan fingerprint density at radius 2 is 1.53 bits per heavy atom. The van der Waals surface area contributed by atoms with Crippen LogP contribution >= 0.6 is 0 Å². The molecule has 0 aliphatic heterocycles. The van der Waals surface area contributed by atoms with Crippen molar-refractivity contribution >= 4 is 12.0 Å². The van der Waals surface area contributed by atoms with Crippen molar-refractivity contribution in [2.75, 3.05) is 0 Å². The van der Waals surface area contributed by atoms with E-state index in [2.05, 4.69) is 10.6 Å². The minimum Gasteiger partial charge on any atom is -0.480 e. The van der Waals surface area contributed by atoms with Gasteiger partial charge in [0.25, 0.3) is 0 Å². The third-order valence-electron chi connectivity index (χ3n) is 2.75. The van der Waals surface area contributed by atoms with Crippen LogP contribution in [0.3, 0.4) is 0 Å². The number of nitrogens with one attached hydrogen (secondary N) is 2. The second-order valence-electron chi connectivity index (χ2n) is 5.79. The zero-order valence-electron chi connectivity index (χ0n) is 11.5. The molecule has 0 spiro atoms. The summed E-state index contributed by atoms with van der Waals surface area (Å²) in [5, 5.41) is 14.3. The highest BCUT2D eigenvalue weighted by atomic mass is 16.4. The van der Waals surface area contributed by atoms with E-state index >= 15 is 0 Å². The van der Waals surface area contributed by atoms with Gasteiger partial charge >= 0.3 is 12.0 Å². The van der Waals surface area contributed by atoms with E-state index in [0.29, 0.717) is 5.92 Å². The Morgan fingerprint density at radius 1 is 1.06 bits per heavy atom. The maximum atomic E-state index is 11.6. The normalized spacial score (nSPS) is 15.2. The summed E-state index contributed by atoms with van der Waals surface area (Å²) in [4.78, 5) is 22.7. The number of carbonyl (C=O) groups excluding carboxylic acids is 1. The summed E-state index contributed by atoms with van der Waals surface area (Å²) in [5.74, 6) is -0.719. The van der Waals surface area contributed by atoms with E-state index in [4.69, 9.17) is 5.11 Å². The molecule has 0 bridgehead atoms. The third kappa shape index (κ3) is 5.56. The van der Waals surface area contributed by atoms with Gasteiger partial charge in [0.15, 0.2) is 0 Å². The van der Waals surface area contributed by atoms with E-state index in [1.807, 2.05) is 20.8 Å². The van der Waals surface area contributed by atoms with Crippen LogP contribution in [0, 0.1) is 11.3 Å². The monoisotopic (exact) mass is 244 g/mol. The number of hydrogen-bond acceptors (Lipinski definition) is 2. The molecule has 0 aliphatic rings. The summed E-state index contributed by atoms with van der Waals surface area (Å²) in [6.07, 6.45) is 0. The van der Waals surface area contributed by atoms with Crippen LogP contribution in [0.4, 0.5) is 4.79 Å². The first-order valence-electron chi connectivity index (χ1n) is 5.85. The number of hydrogen-bond donors (Lipinski definition) is 3. The molecule has 0 radical (unpaired) electrons. The maximum Gasteiger partial charge on any atom is 0.326 e. The van der Waals surface area contributed by atoms with E-state index in [-0.39, 0.29) is 6.04 Å². The van der Waals surface area contributed by atoms with Crippen molar-refractivity contribution in [1.29, 1.82) is 0 Å². The second-order valence-corrected chi connectivity index (χ2v) is 5.79. The highest BCUT2D eigenvalue weighted by molar-refractivity contribution is 5.83. The Hall–Kier alpha value is -1.26. The lowest BCUT2D eigenvalue weighted by molar-refractivity contribution is -0.141. The van der Waals surface area contributed by atoms with Gasteiger partial charge in [-0.1, -0.05) is 34.6 Å². The molecule has 100 valence electrons. The van der Waals surface area contributed by atoms with Crippen LogP contribution in [0.1, 0.15) is 41.5 Å². The molecule has 5 heteroatoms. The highest BCUT2D eigenvalue weighted by Gasteiger charge is 2.32. The fourth-order valence-electron chi connectivity index (χ4n) is 1.19. The van der Waals surface area contributed by atoms with Gasteiger partial charge < -0.3 is 15.7 Å².